The minimum atomic E-state index is -0.790. The predicted octanol–water partition coefficient (Wildman–Crippen LogP) is 4.73. The van der Waals surface area contributed by atoms with Crippen molar-refractivity contribution in [3.8, 4) is 5.75 Å². The zero-order valence-electron chi connectivity index (χ0n) is 26.7. The van der Waals surface area contributed by atoms with E-state index in [1.165, 1.54) is 13.3 Å². The van der Waals surface area contributed by atoms with Crippen molar-refractivity contribution in [1.29, 1.82) is 0 Å². The van der Waals surface area contributed by atoms with Gasteiger partial charge in [-0.1, -0.05) is 66.7 Å². The molecule has 0 radical (unpaired) electrons. The summed E-state index contributed by atoms with van der Waals surface area (Å²) in [6.07, 6.45) is 6.43. The number of rotatable bonds is 14. The van der Waals surface area contributed by atoms with Gasteiger partial charge in [-0.05, 0) is 59.6 Å². The Kier molecular flexibility index (Phi) is 12.9. The van der Waals surface area contributed by atoms with Crippen molar-refractivity contribution in [3.05, 3.63) is 107 Å². The Hall–Kier alpha value is -4.92. The monoisotopic (exact) mass is 624 g/mol. The van der Waals surface area contributed by atoms with Crippen molar-refractivity contribution in [2.45, 2.75) is 51.2 Å². The van der Waals surface area contributed by atoms with Crippen molar-refractivity contribution < 1.29 is 23.9 Å². The molecule has 1 aliphatic heterocycles. The highest BCUT2D eigenvalue weighted by Crippen LogP contribution is 2.22. The molecule has 46 heavy (non-hydrogen) atoms. The summed E-state index contributed by atoms with van der Waals surface area (Å²) in [4.78, 5) is 44.3. The molecule has 0 saturated carbocycles. The number of methoxy groups -OCH3 is 1. The highest BCUT2D eigenvalue weighted by Gasteiger charge is 2.27. The quantitative estimate of drug-likeness (QED) is 0.198. The van der Waals surface area contributed by atoms with Crippen molar-refractivity contribution in [3.63, 3.8) is 0 Å². The highest BCUT2D eigenvalue weighted by atomic mass is 16.5. The Bertz CT molecular complexity index is 1480. The fraction of sp³-hybridized carbons (Fsp3) is 0.351. The van der Waals surface area contributed by atoms with Crippen LogP contribution in [0.15, 0.2) is 90.1 Å². The molecule has 0 aromatic heterocycles. The van der Waals surface area contributed by atoms with Gasteiger partial charge in [0.2, 0.25) is 11.8 Å². The Balaban J connectivity index is 1.19. The molecule has 0 aliphatic carbocycles. The van der Waals surface area contributed by atoms with Crippen LogP contribution in [0.25, 0.3) is 5.57 Å². The summed E-state index contributed by atoms with van der Waals surface area (Å²) in [6, 6.07) is 24.6. The normalized spacial score (nSPS) is 14.6. The fourth-order valence-electron chi connectivity index (χ4n) is 5.56. The molecule has 3 aromatic carbocycles. The summed E-state index contributed by atoms with van der Waals surface area (Å²) >= 11 is 0. The highest BCUT2D eigenvalue weighted by molar-refractivity contribution is 6.09. The molecular formula is C37H44N4O5. The summed E-state index contributed by atoms with van der Waals surface area (Å²) in [5, 5.41) is 2.88. The number of nitrogens with two attached hydrogens (primary N) is 1. The number of aliphatic imine (C=N–C) groups is 1. The van der Waals surface area contributed by atoms with Gasteiger partial charge >= 0.3 is 5.97 Å². The molecule has 0 spiro atoms. The molecule has 0 unspecified atom stereocenters. The second-order valence-corrected chi connectivity index (χ2v) is 11.5. The second kappa shape index (κ2) is 17.5. The minimum Gasteiger partial charge on any atom is -0.489 e. The first-order valence-electron chi connectivity index (χ1n) is 15.7. The number of likely N-dealkylation sites (tertiary alicyclic amines) is 1. The first-order chi connectivity index (χ1) is 22.4. The van der Waals surface area contributed by atoms with Crippen LogP contribution in [0.4, 0.5) is 0 Å². The number of carbonyl (C=O) groups excluding carboxylic acids is 3. The Labute approximate surface area is 271 Å². The van der Waals surface area contributed by atoms with Gasteiger partial charge < -0.3 is 25.4 Å². The predicted molar refractivity (Wildman–Crippen MR) is 180 cm³/mol. The molecule has 0 bridgehead atoms. The number of carbonyl (C=O) groups is 3. The molecule has 4 rings (SSSR count). The number of nitrogens with zero attached hydrogens (tertiary/aromatic N) is 2. The van der Waals surface area contributed by atoms with Gasteiger partial charge in [0.15, 0.2) is 0 Å². The third-order valence-corrected chi connectivity index (χ3v) is 8.24. The lowest BCUT2D eigenvalue weighted by Gasteiger charge is -2.32. The molecule has 3 N–H and O–H groups in total. The lowest BCUT2D eigenvalue weighted by atomic mass is 9.92. The second-order valence-electron chi connectivity index (χ2n) is 11.5. The number of piperidine rings is 1. The molecule has 2 amide bonds. The van der Waals surface area contributed by atoms with Gasteiger partial charge in [0.05, 0.1) is 7.11 Å². The number of hydrogen-bond donors (Lipinski definition) is 2. The Morgan fingerprint density at radius 1 is 0.957 bits per heavy atom. The number of allylic oxidation sites excluding steroid dienone is 1. The summed E-state index contributed by atoms with van der Waals surface area (Å²) in [5.74, 6) is 0.313. The van der Waals surface area contributed by atoms with E-state index in [0.29, 0.717) is 45.4 Å². The third kappa shape index (κ3) is 10.3. The van der Waals surface area contributed by atoms with Crippen LogP contribution in [0.1, 0.15) is 47.9 Å². The van der Waals surface area contributed by atoms with E-state index in [4.69, 9.17) is 15.2 Å². The van der Waals surface area contributed by atoms with Crippen LogP contribution in [0.2, 0.25) is 0 Å². The lowest BCUT2D eigenvalue weighted by Crippen LogP contribution is -2.44. The van der Waals surface area contributed by atoms with Crippen LogP contribution in [0.5, 0.6) is 5.75 Å². The van der Waals surface area contributed by atoms with Gasteiger partial charge in [-0.2, -0.15) is 0 Å². The minimum absolute atomic E-state index is 0.120. The number of esters is 1. The van der Waals surface area contributed by atoms with Crippen molar-refractivity contribution in [2.75, 3.05) is 27.2 Å². The van der Waals surface area contributed by atoms with Crippen LogP contribution in [0, 0.1) is 5.92 Å². The fourth-order valence-corrected chi connectivity index (χ4v) is 5.56. The summed E-state index contributed by atoms with van der Waals surface area (Å²) in [6.45, 7) is 1.71. The van der Waals surface area contributed by atoms with Crippen molar-refractivity contribution >= 4 is 29.6 Å². The molecule has 1 fully saturated rings. The first-order valence-corrected chi connectivity index (χ1v) is 15.7. The SMILES string of the molecule is CN=CC(=CN)c1ccc(CCC(=O)N2CCC(CC(=O)N[C@@H](Cc3ccc(OCc4ccccc4)cc3)C(=O)OC)CC2)cc1. The molecule has 1 atom stereocenters. The van der Waals surface area contributed by atoms with Gasteiger partial charge in [-0.25, -0.2) is 4.79 Å². The van der Waals surface area contributed by atoms with Crippen LogP contribution in [0.3, 0.4) is 0 Å². The number of aryl methyl sites for hydroxylation is 1. The zero-order valence-corrected chi connectivity index (χ0v) is 26.7. The number of amides is 2. The van der Waals surface area contributed by atoms with Gasteiger partial charge in [0.1, 0.15) is 18.4 Å². The maximum absolute atomic E-state index is 13.0. The summed E-state index contributed by atoms with van der Waals surface area (Å²) < 4.78 is 10.8. The molecule has 1 heterocycles. The van der Waals surface area contributed by atoms with Crippen LogP contribution in [-0.4, -0.2) is 62.2 Å². The van der Waals surface area contributed by atoms with Gasteiger partial charge in [-0.3, -0.25) is 14.6 Å². The van der Waals surface area contributed by atoms with Crippen molar-refractivity contribution in [1.82, 2.24) is 10.2 Å². The number of nitrogens with one attached hydrogen (secondary N) is 1. The van der Waals surface area contributed by atoms with E-state index in [1.807, 2.05) is 83.8 Å². The van der Waals surface area contributed by atoms with E-state index in [-0.39, 0.29) is 17.7 Å². The van der Waals surface area contributed by atoms with Gasteiger partial charge in [-0.15, -0.1) is 0 Å². The van der Waals surface area contributed by atoms with E-state index < -0.39 is 12.0 Å². The van der Waals surface area contributed by atoms with E-state index in [9.17, 15) is 14.4 Å². The summed E-state index contributed by atoms with van der Waals surface area (Å²) in [7, 11) is 3.02. The number of hydrogen-bond acceptors (Lipinski definition) is 7. The first kappa shape index (κ1) is 34.0. The van der Waals surface area contributed by atoms with Crippen molar-refractivity contribution in [2.24, 2.45) is 16.6 Å². The van der Waals surface area contributed by atoms with E-state index >= 15 is 0 Å². The maximum atomic E-state index is 13.0. The topological polar surface area (TPSA) is 123 Å². The maximum Gasteiger partial charge on any atom is 0.328 e. The third-order valence-electron chi connectivity index (χ3n) is 8.24. The average Bonchev–Trinajstić information content (AvgIpc) is 3.09. The smallest absolute Gasteiger partial charge is 0.328 e. The molecule has 9 heteroatoms. The standard InChI is InChI=1S/C37H44N4O5/c1-39-25-32(24-38)31-13-8-27(9-14-31)12-17-36(43)41-20-18-29(19-21-41)23-35(42)40-34(37(44)45-2)22-28-10-15-33(16-11-28)46-26-30-6-4-3-5-7-30/h3-11,13-16,24-25,29,34H,12,17-23,26,38H2,1-2H3,(H,40,42)/t34-/m0/s1. The lowest BCUT2D eigenvalue weighted by molar-refractivity contribution is -0.145. The van der Waals surface area contributed by atoms with Gasteiger partial charge in [0, 0.05) is 57.4 Å². The van der Waals surface area contributed by atoms with Crippen LogP contribution < -0.4 is 15.8 Å². The summed E-state index contributed by atoms with van der Waals surface area (Å²) in [5.41, 5.74) is 10.6. The molecule has 242 valence electrons. The molecule has 9 nitrogen and oxygen atoms in total. The Morgan fingerprint density at radius 3 is 2.26 bits per heavy atom. The molecule has 1 saturated heterocycles. The van der Waals surface area contributed by atoms with E-state index in [0.717, 1.165) is 46.4 Å². The number of ether oxygens (including phenoxy) is 2. The largest absolute Gasteiger partial charge is 0.489 e. The number of benzene rings is 3. The Morgan fingerprint density at radius 2 is 1.63 bits per heavy atom. The van der Waals surface area contributed by atoms with E-state index in [1.54, 1.807) is 13.3 Å². The molecular weight excluding hydrogens is 580 g/mol. The molecule has 3 aromatic rings. The zero-order chi connectivity index (χ0) is 32.7. The average molecular weight is 625 g/mol. The molecule has 1 aliphatic rings. The van der Waals surface area contributed by atoms with Crippen LogP contribution >= 0.6 is 0 Å². The van der Waals surface area contributed by atoms with Gasteiger partial charge in [0.25, 0.3) is 0 Å². The van der Waals surface area contributed by atoms with Crippen LogP contribution in [-0.2, 0) is 38.6 Å². The van der Waals surface area contributed by atoms with E-state index in [2.05, 4.69) is 10.3 Å².